The summed E-state index contributed by atoms with van der Waals surface area (Å²) in [6, 6.07) is 15.0. The average Bonchev–Trinajstić information content (AvgIpc) is 3.18. The van der Waals surface area contributed by atoms with Crippen LogP contribution < -0.4 is 4.57 Å². The summed E-state index contributed by atoms with van der Waals surface area (Å²) >= 11 is 0. The quantitative estimate of drug-likeness (QED) is 0.513. The molecule has 0 unspecified atom stereocenters. The second kappa shape index (κ2) is 6.29. The zero-order valence-corrected chi connectivity index (χ0v) is 15.4. The van der Waals surface area contributed by atoms with Crippen LogP contribution in [0.15, 0.2) is 42.5 Å². The SMILES string of the molecule is [2H]C([2H])([2H])c1cc(C)cc(-c2ccc3ccc(C4CCCC4)cc3[n+]2C)c1C. The Morgan fingerprint density at radius 2 is 1.76 bits per heavy atom. The predicted octanol–water partition coefficient (Wildman–Crippen LogP) is 5.91. The molecule has 1 nitrogen and oxygen atoms in total. The minimum absolute atomic E-state index is 0.447. The van der Waals surface area contributed by atoms with Crippen molar-refractivity contribution in [3.63, 3.8) is 0 Å². The Kier molecular flexibility index (Phi) is 3.30. The van der Waals surface area contributed by atoms with Gasteiger partial charge in [-0.15, -0.1) is 0 Å². The Balaban J connectivity index is 1.90. The van der Waals surface area contributed by atoms with Crippen LogP contribution in [0.4, 0.5) is 0 Å². The minimum atomic E-state index is -2.10. The molecule has 4 rings (SSSR count). The first-order chi connectivity index (χ1) is 13.3. The van der Waals surface area contributed by atoms with Gasteiger partial charge in [0.25, 0.3) is 0 Å². The van der Waals surface area contributed by atoms with E-state index in [9.17, 15) is 0 Å². The van der Waals surface area contributed by atoms with Crippen LogP contribution in [-0.4, -0.2) is 0 Å². The number of pyridine rings is 1. The van der Waals surface area contributed by atoms with E-state index in [0.29, 0.717) is 11.5 Å². The lowest BCUT2D eigenvalue weighted by molar-refractivity contribution is -0.633. The maximum absolute atomic E-state index is 7.90. The van der Waals surface area contributed by atoms with Gasteiger partial charge in [0.05, 0.1) is 0 Å². The Morgan fingerprint density at radius 3 is 2.52 bits per heavy atom. The topological polar surface area (TPSA) is 3.88 Å². The minimum Gasteiger partial charge on any atom is -0.194 e. The summed E-state index contributed by atoms with van der Waals surface area (Å²) in [6.45, 7) is 1.79. The molecular weight excluding hydrogens is 302 g/mol. The number of hydrogen-bond acceptors (Lipinski definition) is 0. The summed E-state index contributed by atoms with van der Waals surface area (Å²) in [7, 11) is 2.09. The van der Waals surface area contributed by atoms with Crippen LogP contribution in [0.1, 0.15) is 58.0 Å². The molecule has 3 aromatic rings. The van der Waals surface area contributed by atoms with Crippen LogP contribution in [0.2, 0.25) is 0 Å². The molecule has 0 bridgehead atoms. The molecule has 0 amide bonds. The van der Waals surface area contributed by atoms with E-state index in [1.807, 2.05) is 13.8 Å². The van der Waals surface area contributed by atoms with Crippen molar-refractivity contribution in [3.8, 4) is 11.3 Å². The number of benzene rings is 2. The van der Waals surface area contributed by atoms with Crippen molar-refractivity contribution in [1.82, 2.24) is 0 Å². The molecule has 128 valence electrons. The van der Waals surface area contributed by atoms with E-state index in [0.717, 1.165) is 22.4 Å². The van der Waals surface area contributed by atoms with Crippen molar-refractivity contribution >= 4 is 10.9 Å². The summed E-state index contributed by atoms with van der Waals surface area (Å²) in [4.78, 5) is 0. The molecule has 2 aromatic carbocycles. The van der Waals surface area contributed by atoms with Crippen LogP contribution in [0.5, 0.6) is 0 Å². The number of rotatable bonds is 2. The number of nitrogens with zero attached hydrogens (tertiary/aromatic N) is 1. The molecule has 1 saturated carbocycles. The molecule has 1 aliphatic rings. The molecule has 0 spiro atoms. The third-order valence-corrected chi connectivity index (χ3v) is 5.85. The van der Waals surface area contributed by atoms with Gasteiger partial charge in [-0.05, 0) is 74.3 Å². The molecule has 0 atom stereocenters. The van der Waals surface area contributed by atoms with Crippen molar-refractivity contribution in [2.75, 3.05) is 0 Å². The van der Waals surface area contributed by atoms with Crippen LogP contribution in [-0.2, 0) is 7.05 Å². The van der Waals surface area contributed by atoms with Crippen LogP contribution in [0.25, 0.3) is 22.2 Å². The lowest BCUT2D eigenvalue weighted by Crippen LogP contribution is -2.32. The van der Waals surface area contributed by atoms with Crippen LogP contribution in [0, 0.1) is 20.7 Å². The molecule has 1 heterocycles. The Hall–Kier alpha value is -2.15. The Bertz CT molecular complexity index is 1040. The first kappa shape index (κ1) is 13.1. The van der Waals surface area contributed by atoms with E-state index < -0.39 is 6.85 Å². The first-order valence-electron chi connectivity index (χ1n) is 10.8. The lowest BCUT2D eigenvalue weighted by Gasteiger charge is -2.12. The Morgan fingerprint density at radius 1 is 1.00 bits per heavy atom. The number of fused-ring (bicyclic) bond motifs is 1. The molecule has 1 heteroatoms. The van der Waals surface area contributed by atoms with Crippen molar-refractivity contribution < 1.29 is 8.68 Å². The first-order valence-corrected chi connectivity index (χ1v) is 9.30. The summed E-state index contributed by atoms with van der Waals surface area (Å²) in [5.41, 5.74) is 6.96. The zero-order chi connectivity index (χ0) is 20.1. The van der Waals surface area contributed by atoms with Gasteiger partial charge in [0, 0.05) is 27.2 Å². The van der Waals surface area contributed by atoms with Crippen molar-refractivity contribution in [2.24, 2.45) is 7.05 Å². The van der Waals surface area contributed by atoms with Crippen LogP contribution >= 0.6 is 0 Å². The normalized spacial score (nSPS) is 17.5. The van der Waals surface area contributed by atoms with Crippen molar-refractivity contribution in [2.45, 2.75) is 52.3 Å². The number of hydrogen-bond donors (Lipinski definition) is 0. The summed E-state index contributed by atoms with van der Waals surface area (Å²) in [6.07, 6.45) is 5.23. The van der Waals surface area contributed by atoms with Crippen LogP contribution in [0.3, 0.4) is 0 Å². The maximum Gasteiger partial charge on any atom is 0.213 e. The van der Waals surface area contributed by atoms with Gasteiger partial charge in [0.1, 0.15) is 7.05 Å². The zero-order valence-electron chi connectivity index (χ0n) is 18.4. The third-order valence-electron chi connectivity index (χ3n) is 5.85. The summed E-state index contributed by atoms with van der Waals surface area (Å²) in [5, 5.41) is 1.22. The molecule has 1 aromatic heterocycles. The summed E-state index contributed by atoms with van der Waals surface area (Å²) < 4.78 is 25.9. The summed E-state index contributed by atoms with van der Waals surface area (Å²) in [5.74, 6) is 0.677. The molecule has 25 heavy (non-hydrogen) atoms. The van der Waals surface area contributed by atoms with Gasteiger partial charge in [-0.1, -0.05) is 30.5 Å². The smallest absolute Gasteiger partial charge is 0.194 e. The second-order valence-corrected chi connectivity index (χ2v) is 7.56. The largest absolute Gasteiger partial charge is 0.213 e. The number of aromatic nitrogens is 1. The predicted molar refractivity (Wildman–Crippen MR) is 106 cm³/mol. The highest BCUT2D eigenvalue weighted by atomic mass is 14.9. The average molecular weight is 334 g/mol. The third kappa shape index (κ3) is 2.86. The highest BCUT2D eigenvalue weighted by molar-refractivity contribution is 5.79. The van der Waals surface area contributed by atoms with Gasteiger partial charge in [0.2, 0.25) is 11.2 Å². The van der Waals surface area contributed by atoms with Crippen molar-refractivity contribution in [1.29, 1.82) is 0 Å². The van der Waals surface area contributed by atoms with Gasteiger partial charge < -0.3 is 0 Å². The van der Waals surface area contributed by atoms with Gasteiger partial charge in [0.15, 0.2) is 0 Å². The highest BCUT2D eigenvalue weighted by Gasteiger charge is 2.21. The van der Waals surface area contributed by atoms with E-state index in [2.05, 4.69) is 48.0 Å². The molecule has 0 N–H and O–H groups in total. The van der Waals surface area contributed by atoms with E-state index in [-0.39, 0.29) is 0 Å². The monoisotopic (exact) mass is 333 g/mol. The van der Waals surface area contributed by atoms with Gasteiger partial charge in [-0.2, -0.15) is 4.57 Å². The molecular formula is C24H28N+. The van der Waals surface area contributed by atoms with Gasteiger partial charge >= 0.3 is 0 Å². The van der Waals surface area contributed by atoms with Gasteiger partial charge in [-0.25, -0.2) is 0 Å². The second-order valence-electron chi connectivity index (χ2n) is 7.56. The van der Waals surface area contributed by atoms with Crippen molar-refractivity contribution in [3.05, 3.63) is 64.7 Å². The van der Waals surface area contributed by atoms with E-state index in [1.165, 1.54) is 42.1 Å². The molecule has 1 fully saturated rings. The standard InChI is InChI=1S/C24H28N/c1-16-13-17(2)18(3)22(14-16)23-12-11-20-9-10-21(15-24(20)25(23)4)19-7-5-6-8-19/h9-15,19H,5-8H2,1-4H3/q+1/i2D3. The molecule has 0 aliphatic heterocycles. The Labute approximate surface area is 155 Å². The molecule has 1 aliphatic carbocycles. The fourth-order valence-electron chi connectivity index (χ4n) is 4.31. The maximum atomic E-state index is 7.90. The fourth-order valence-corrected chi connectivity index (χ4v) is 4.31. The highest BCUT2D eigenvalue weighted by Crippen LogP contribution is 2.35. The molecule has 0 radical (unpaired) electrons. The lowest BCUT2D eigenvalue weighted by atomic mass is 9.95. The fraction of sp³-hybridized carbons (Fsp3) is 0.375. The van der Waals surface area contributed by atoms with E-state index in [1.54, 1.807) is 6.07 Å². The molecule has 0 saturated heterocycles. The number of aryl methyl sites for hydroxylation is 3. The van der Waals surface area contributed by atoms with Gasteiger partial charge in [-0.3, -0.25) is 0 Å². The van der Waals surface area contributed by atoms with E-state index in [4.69, 9.17) is 4.11 Å². The van der Waals surface area contributed by atoms with E-state index >= 15 is 0 Å².